The van der Waals surface area contributed by atoms with E-state index in [4.69, 9.17) is 0 Å². The molecule has 0 aliphatic heterocycles. The number of benzene rings is 1. The Morgan fingerprint density at radius 3 is 2.31 bits per heavy atom. The van der Waals surface area contributed by atoms with E-state index in [0.29, 0.717) is 5.56 Å². The minimum atomic E-state index is -0.535. The summed E-state index contributed by atoms with van der Waals surface area (Å²) >= 11 is 0. The summed E-state index contributed by atoms with van der Waals surface area (Å²) in [7, 11) is 1.79. The van der Waals surface area contributed by atoms with Gasteiger partial charge in [-0.1, -0.05) is 26.8 Å². The second kappa shape index (κ2) is 4.91. The van der Waals surface area contributed by atoms with Crippen LogP contribution in [0.4, 0.5) is 8.78 Å². The predicted octanol–water partition coefficient (Wildman–Crippen LogP) is 3.66. The SMILES string of the molecule is CNC(CC(C)(C)C)c1ccc(F)cc1F. The summed E-state index contributed by atoms with van der Waals surface area (Å²) in [6.07, 6.45) is 0.798. The normalized spacial score (nSPS) is 13.9. The Labute approximate surface area is 95.9 Å². The first-order valence-corrected chi connectivity index (χ1v) is 5.46. The molecule has 1 nitrogen and oxygen atoms in total. The maximum Gasteiger partial charge on any atom is 0.130 e. The number of rotatable bonds is 3. The van der Waals surface area contributed by atoms with Crippen LogP contribution in [0.5, 0.6) is 0 Å². The van der Waals surface area contributed by atoms with Gasteiger partial charge >= 0.3 is 0 Å². The molecule has 0 spiro atoms. The van der Waals surface area contributed by atoms with E-state index < -0.39 is 11.6 Å². The minimum Gasteiger partial charge on any atom is -0.313 e. The summed E-state index contributed by atoms with van der Waals surface area (Å²) < 4.78 is 26.4. The van der Waals surface area contributed by atoms with Gasteiger partial charge in [-0.2, -0.15) is 0 Å². The van der Waals surface area contributed by atoms with Crippen LogP contribution in [0.25, 0.3) is 0 Å². The second-order valence-corrected chi connectivity index (χ2v) is 5.27. The average molecular weight is 227 g/mol. The highest BCUT2D eigenvalue weighted by Crippen LogP contribution is 2.30. The summed E-state index contributed by atoms with van der Waals surface area (Å²) in [5.41, 5.74) is 0.618. The minimum absolute atomic E-state index is 0.0828. The van der Waals surface area contributed by atoms with Crippen molar-refractivity contribution in [2.24, 2.45) is 5.41 Å². The van der Waals surface area contributed by atoms with Gasteiger partial charge in [-0.05, 0) is 24.9 Å². The number of hydrogen-bond donors (Lipinski definition) is 1. The molecule has 0 amide bonds. The van der Waals surface area contributed by atoms with E-state index in [1.54, 1.807) is 7.05 Å². The van der Waals surface area contributed by atoms with E-state index in [0.717, 1.165) is 12.5 Å². The molecular weight excluding hydrogens is 208 g/mol. The Morgan fingerprint density at radius 2 is 1.88 bits per heavy atom. The van der Waals surface area contributed by atoms with Crippen LogP contribution < -0.4 is 5.32 Å². The molecular formula is C13H19F2N. The van der Waals surface area contributed by atoms with Gasteiger partial charge in [0.05, 0.1) is 0 Å². The van der Waals surface area contributed by atoms with Crippen molar-refractivity contribution in [3.8, 4) is 0 Å². The van der Waals surface area contributed by atoms with E-state index in [1.165, 1.54) is 12.1 Å². The van der Waals surface area contributed by atoms with Gasteiger partial charge in [-0.15, -0.1) is 0 Å². The molecule has 0 bridgehead atoms. The third-order valence-corrected chi connectivity index (χ3v) is 2.50. The van der Waals surface area contributed by atoms with Crippen LogP contribution in [0, 0.1) is 17.0 Å². The van der Waals surface area contributed by atoms with E-state index in [9.17, 15) is 8.78 Å². The van der Waals surface area contributed by atoms with Crippen molar-refractivity contribution in [3.63, 3.8) is 0 Å². The van der Waals surface area contributed by atoms with Gasteiger partial charge in [-0.25, -0.2) is 8.78 Å². The Hall–Kier alpha value is -0.960. The molecule has 3 heteroatoms. The number of hydrogen-bond acceptors (Lipinski definition) is 1. The van der Waals surface area contributed by atoms with E-state index >= 15 is 0 Å². The predicted molar refractivity (Wildman–Crippen MR) is 62.2 cm³/mol. The lowest BCUT2D eigenvalue weighted by atomic mass is 9.85. The lowest BCUT2D eigenvalue weighted by molar-refractivity contribution is 0.316. The first-order valence-electron chi connectivity index (χ1n) is 5.46. The molecule has 0 saturated heterocycles. The van der Waals surface area contributed by atoms with Crippen molar-refractivity contribution in [2.75, 3.05) is 7.05 Å². The van der Waals surface area contributed by atoms with Crippen LogP contribution in [0.15, 0.2) is 18.2 Å². The Kier molecular flexibility index (Phi) is 4.03. The lowest BCUT2D eigenvalue weighted by Crippen LogP contribution is -2.23. The van der Waals surface area contributed by atoms with E-state index in [-0.39, 0.29) is 11.5 Å². The fraction of sp³-hybridized carbons (Fsp3) is 0.538. The van der Waals surface area contributed by atoms with Gasteiger partial charge in [-0.3, -0.25) is 0 Å². The highest BCUT2D eigenvalue weighted by molar-refractivity contribution is 5.22. The summed E-state index contributed by atoms with van der Waals surface area (Å²) in [5.74, 6) is -1.02. The van der Waals surface area contributed by atoms with Crippen molar-refractivity contribution < 1.29 is 8.78 Å². The largest absolute Gasteiger partial charge is 0.313 e. The van der Waals surface area contributed by atoms with Crippen molar-refractivity contribution in [1.29, 1.82) is 0 Å². The van der Waals surface area contributed by atoms with Crippen molar-refractivity contribution >= 4 is 0 Å². The zero-order valence-electron chi connectivity index (χ0n) is 10.3. The molecule has 0 saturated carbocycles. The molecule has 1 atom stereocenters. The lowest BCUT2D eigenvalue weighted by Gasteiger charge is -2.26. The van der Waals surface area contributed by atoms with E-state index in [1.807, 2.05) is 0 Å². The summed E-state index contributed by atoms with van der Waals surface area (Å²) in [6.45, 7) is 6.29. The maximum absolute atomic E-state index is 13.6. The van der Waals surface area contributed by atoms with Crippen LogP contribution in [-0.2, 0) is 0 Å². The Balaban J connectivity index is 2.95. The molecule has 1 unspecified atom stereocenters. The summed E-state index contributed by atoms with van der Waals surface area (Å²) in [5, 5.41) is 3.07. The molecule has 0 radical (unpaired) electrons. The van der Waals surface area contributed by atoms with Crippen LogP contribution in [0.3, 0.4) is 0 Å². The number of nitrogens with one attached hydrogen (secondary N) is 1. The van der Waals surface area contributed by atoms with Gasteiger partial charge in [0.2, 0.25) is 0 Å². The third kappa shape index (κ3) is 3.56. The standard InChI is InChI=1S/C13H19F2N/c1-13(2,3)8-12(16-4)10-6-5-9(14)7-11(10)15/h5-7,12,16H,8H2,1-4H3. The smallest absolute Gasteiger partial charge is 0.130 e. The van der Waals surface area contributed by atoms with Crippen molar-refractivity contribution in [3.05, 3.63) is 35.4 Å². The molecule has 16 heavy (non-hydrogen) atoms. The second-order valence-electron chi connectivity index (χ2n) is 5.27. The molecule has 1 rings (SSSR count). The van der Waals surface area contributed by atoms with Gasteiger partial charge in [0.25, 0.3) is 0 Å². The van der Waals surface area contributed by atoms with E-state index in [2.05, 4.69) is 26.1 Å². The molecule has 0 aliphatic rings. The number of halogens is 2. The van der Waals surface area contributed by atoms with Gasteiger partial charge in [0.15, 0.2) is 0 Å². The molecule has 0 heterocycles. The van der Waals surface area contributed by atoms with Gasteiger partial charge < -0.3 is 5.32 Å². The third-order valence-electron chi connectivity index (χ3n) is 2.50. The molecule has 0 aliphatic carbocycles. The van der Waals surface area contributed by atoms with Crippen LogP contribution in [0.1, 0.15) is 38.8 Å². The monoisotopic (exact) mass is 227 g/mol. The quantitative estimate of drug-likeness (QED) is 0.831. The van der Waals surface area contributed by atoms with Crippen molar-refractivity contribution in [2.45, 2.75) is 33.2 Å². The zero-order chi connectivity index (χ0) is 12.3. The highest BCUT2D eigenvalue weighted by atomic mass is 19.1. The maximum atomic E-state index is 13.6. The fourth-order valence-electron chi connectivity index (χ4n) is 1.76. The van der Waals surface area contributed by atoms with Crippen molar-refractivity contribution in [1.82, 2.24) is 5.32 Å². The molecule has 1 aromatic carbocycles. The average Bonchev–Trinajstić information content (AvgIpc) is 2.13. The first-order chi connectivity index (χ1) is 7.33. The van der Waals surface area contributed by atoms with Crippen LogP contribution in [-0.4, -0.2) is 7.05 Å². The zero-order valence-corrected chi connectivity index (χ0v) is 10.3. The van der Waals surface area contributed by atoms with Crippen LogP contribution in [0.2, 0.25) is 0 Å². The fourth-order valence-corrected chi connectivity index (χ4v) is 1.76. The first kappa shape index (κ1) is 13.1. The molecule has 0 fully saturated rings. The van der Waals surface area contributed by atoms with Crippen LogP contribution >= 0.6 is 0 Å². The summed E-state index contributed by atoms with van der Waals surface area (Å²) in [6, 6.07) is 3.66. The van der Waals surface area contributed by atoms with Gasteiger partial charge in [0, 0.05) is 17.7 Å². The Bertz CT molecular complexity index is 355. The van der Waals surface area contributed by atoms with Gasteiger partial charge in [0.1, 0.15) is 11.6 Å². The molecule has 1 N–H and O–H groups in total. The molecule has 1 aromatic rings. The highest BCUT2D eigenvalue weighted by Gasteiger charge is 2.21. The summed E-state index contributed by atoms with van der Waals surface area (Å²) in [4.78, 5) is 0. The molecule has 90 valence electrons. The topological polar surface area (TPSA) is 12.0 Å². The molecule has 0 aromatic heterocycles. The Morgan fingerprint density at radius 1 is 1.25 bits per heavy atom.